The van der Waals surface area contributed by atoms with Crippen molar-refractivity contribution in [3.05, 3.63) is 59.2 Å². The number of methoxy groups -OCH3 is 1. The molecule has 0 aliphatic carbocycles. The molecule has 0 fully saturated rings. The number of benzene rings is 2. The first-order valence-electron chi connectivity index (χ1n) is 10.2. The van der Waals surface area contributed by atoms with Gasteiger partial charge >= 0.3 is 0 Å². The summed E-state index contributed by atoms with van der Waals surface area (Å²) in [6, 6.07) is 14.5. The zero-order valence-electron chi connectivity index (χ0n) is 18.4. The molecule has 0 radical (unpaired) electrons. The van der Waals surface area contributed by atoms with Crippen molar-refractivity contribution in [1.82, 2.24) is 5.32 Å². The van der Waals surface area contributed by atoms with Crippen LogP contribution in [0.3, 0.4) is 0 Å². The summed E-state index contributed by atoms with van der Waals surface area (Å²) >= 11 is 0. The standard InChI is InChI=1S/C19H24N2O2S.2C2H6/c1-14-9-10-16-18(13-14)24(22)21(2)17-8-5-4-7-15(17)19(16)20-11-6-12-23-3;2*1-2/h4-5,7-10,13,19-20H,6,11-12H2,1-3H3;2*1-2H3. The Morgan fingerprint density at radius 1 is 1.07 bits per heavy atom. The van der Waals surface area contributed by atoms with Gasteiger partial charge in [0.05, 0.1) is 16.6 Å². The van der Waals surface area contributed by atoms with Crippen molar-refractivity contribution in [2.75, 3.05) is 31.6 Å². The summed E-state index contributed by atoms with van der Waals surface area (Å²) in [5.74, 6) is 0. The number of fused-ring (bicyclic) bond motifs is 2. The van der Waals surface area contributed by atoms with Crippen molar-refractivity contribution in [1.29, 1.82) is 0 Å². The number of rotatable bonds is 5. The molecule has 2 aromatic rings. The zero-order chi connectivity index (χ0) is 21.1. The summed E-state index contributed by atoms with van der Waals surface area (Å²) < 4.78 is 20.1. The second-order valence-electron chi connectivity index (χ2n) is 6.08. The minimum absolute atomic E-state index is 0.0301. The van der Waals surface area contributed by atoms with Crippen molar-refractivity contribution in [2.45, 2.75) is 52.0 Å². The smallest absolute Gasteiger partial charge is 0.153 e. The van der Waals surface area contributed by atoms with Crippen molar-refractivity contribution < 1.29 is 8.95 Å². The average molecular weight is 405 g/mol. The lowest BCUT2D eigenvalue weighted by Gasteiger charge is -2.22. The molecule has 0 saturated heterocycles. The van der Waals surface area contributed by atoms with E-state index < -0.39 is 11.0 Å². The molecule has 3 rings (SSSR count). The monoisotopic (exact) mass is 404 g/mol. The summed E-state index contributed by atoms with van der Waals surface area (Å²) in [4.78, 5) is 0.887. The van der Waals surface area contributed by atoms with Gasteiger partial charge in [-0.25, -0.2) is 4.21 Å². The molecule has 4 nitrogen and oxygen atoms in total. The molecule has 1 heterocycles. The highest BCUT2D eigenvalue weighted by atomic mass is 32.2. The van der Waals surface area contributed by atoms with Crippen LogP contribution >= 0.6 is 0 Å². The minimum atomic E-state index is -1.21. The van der Waals surface area contributed by atoms with Crippen molar-refractivity contribution in [2.24, 2.45) is 0 Å². The van der Waals surface area contributed by atoms with Crippen LogP contribution in [-0.4, -0.2) is 31.5 Å². The molecule has 28 heavy (non-hydrogen) atoms. The first-order valence-corrected chi connectivity index (χ1v) is 11.3. The number of anilines is 1. The summed E-state index contributed by atoms with van der Waals surface area (Å²) in [5.41, 5.74) is 4.38. The van der Waals surface area contributed by atoms with E-state index in [1.807, 2.05) is 70.2 Å². The third-order valence-corrected chi connectivity index (χ3v) is 5.80. The molecule has 156 valence electrons. The lowest BCUT2D eigenvalue weighted by atomic mass is 9.96. The number of hydrogen-bond acceptors (Lipinski definition) is 3. The van der Waals surface area contributed by atoms with E-state index in [0.717, 1.165) is 46.8 Å². The van der Waals surface area contributed by atoms with Gasteiger partial charge in [-0.2, -0.15) is 0 Å². The number of nitrogens with zero attached hydrogens (tertiary/aromatic N) is 1. The molecule has 1 N–H and O–H groups in total. The molecule has 0 amide bonds. The summed E-state index contributed by atoms with van der Waals surface area (Å²) in [6.07, 6.45) is 0.940. The molecule has 5 heteroatoms. The van der Waals surface area contributed by atoms with E-state index in [1.165, 1.54) is 0 Å². The van der Waals surface area contributed by atoms with Gasteiger partial charge in [-0.15, -0.1) is 0 Å². The van der Waals surface area contributed by atoms with E-state index in [1.54, 1.807) is 7.11 Å². The highest BCUT2D eigenvalue weighted by molar-refractivity contribution is 7.86. The Morgan fingerprint density at radius 3 is 2.43 bits per heavy atom. The van der Waals surface area contributed by atoms with Crippen LogP contribution in [0.4, 0.5) is 5.69 Å². The number of hydrogen-bond donors (Lipinski definition) is 1. The lowest BCUT2D eigenvalue weighted by molar-refractivity contribution is 0.193. The maximum atomic E-state index is 13.1. The third-order valence-electron chi connectivity index (χ3n) is 4.38. The Hall–Kier alpha value is -1.69. The molecular weight excluding hydrogens is 368 g/mol. The van der Waals surface area contributed by atoms with E-state index in [0.29, 0.717) is 0 Å². The fraction of sp³-hybridized carbons (Fsp3) is 0.478. The largest absolute Gasteiger partial charge is 0.385 e. The van der Waals surface area contributed by atoms with Crippen molar-refractivity contribution >= 4 is 16.7 Å². The fourth-order valence-electron chi connectivity index (χ4n) is 3.14. The number of nitrogens with one attached hydrogen (secondary N) is 1. The van der Waals surface area contributed by atoms with Gasteiger partial charge in [-0.1, -0.05) is 58.0 Å². The second-order valence-corrected chi connectivity index (χ2v) is 7.57. The van der Waals surface area contributed by atoms with Crippen molar-refractivity contribution in [3.63, 3.8) is 0 Å². The molecule has 0 aromatic heterocycles. The quantitative estimate of drug-likeness (QED) is 0.693. The van der Waals surface area contributed by atoms with Crippen LogP contribution < -0.4 is 9.62 Å². The topological polar surface area (TPSA) is 41.6 Å². The average Bonchev–Trinajstić information content (AvgIpc) is 2.83. The molecule has 2 atom stereocenters. The summed E-state index contributed by atoms with van der Waals surface area (Å²) in [6.45, 7) is 11.6. The van der Waals surface area contributed by atoms with E-state index in [2.05, 4.69) is 23.5 Å². The second kappa shape index (κ2) is 12.7. The Labute approximate surface area is 173 Å². The maximum Gasteiger partial charge on any atom is 0.153 e. The van der Waals surface area contributed by atoms with E-state index in [-0.39, 0.29) is 6.04 Å². The molecular formula is C23H36N2O2S. The van der Waals surface area contributed by atoms with Gasteiger partial charge < -0.3 is 10.1 Å². The number of ether oxygens (including phenoxy) is 1. The first kappa shape index (κ1) is 24.3. The van der Waals surface area contributed by atoms with Gasteiger partial charge in [-0.05, 0) is 48.7 Å². The molecule has 2 aromatic carbocycles. The van der Waals surface area contributed by atoms with Crippen molar-refractivity contribution in [3.8, 4) is 0 Å². The fourth-order valence-corrected chi connectivity index (χ4v) is 4.45. The Morgan fingerprint density at radius 2 is 1.75 bits per heavy atom. The summed E-state index contributed by atoms with van der Waals surface area (Å²) in [7, 11) is 2.41. The zero-order valence-corrected chi connectivity index (χ0v) is 19.2. The van der Waals surface area contributed by atoms with E-state index >= 15 is 0 Å². The van der Waals surface area contributed by atoms with Crippen LogP contribution in [0.1, 0.15) is 56.8 Å². The molecule has 0 saturated carbocycles. The predicted octanol–water partition coefficient (Wildman–Crippen LogP) is 5.24. The normalized spacial score (nSPS) is 17.2. The van der Waals surface area contributed by atoms with E-state index in [4.69, 9.17) is 4.74 Å². The van der Waals surface area contributed by atoms with Gasteiger partial charge in [0.1, 0.15) is 0 Å². The molecule has 0 bridgehead atoms. The van der Waals surface area contributed by atoms with Gasteiger partial charge in [0.2, 0.25) is 0 Å². The Balaban J connectivity index is 0.000000921. The van der Waals surface area contributed by atoms with Gasteiger partial charge in [0, 0.05) is 20.8 Å². The molecule has 1 aliphatic heterocycles. The predicted molar refractivity (Wildman–Crippen MR) is 121 cm³/mol. The van der Waals surface area contributed by atoms with E-state index in [9.17, 15) is 4.21 Å². The van der Waals surface area contributed by atoms with Crippen LogP contribution in [0.5, 0.6) is 0 Å². The molecule has 2 unspecified atom stereocenters. The van der Waals surface area contributed by atoms with Gasteiger partial charge in [0.25, 0.3) is 0 Å². The van der Waals surface area contributed by atoms with Crippen LogP contribution in [0.2, 0.25) is 0 Å². The minimum Gasteiger partial charge on any atom is -0.385 e. The third kappa shape index (κ3) is 5.66. The lowest BCUT2D eigenvalue weighted by Crippen LogP contribution is -2.25. The van der Waals surface area contributed by atoms with Crippen LogP contribution in [0.25, 0.3) is 0 Å². The number of para-hydroxylation sites is 1. The molecule has 1 aliphatic rings. The summed E-state index contributed by atoms with van der Waals surface area (Å²) in [5, 5.41) is 3.63. The Kier molecular flexibility index (Phi) is 11.0. The maximum absolute atomic E-state index is 13.1. The van der Waals surface area contributed by atoms with Crippen LogP contribution in [-0.2, 0) is 15.7 Å². The van der Waals surface area contributed by atoms with Crippen LogP contribution in [0.15, 0.2) is 47.4 Å². The van der Waals surface area contributed by atoms with Gasteiger partial charge in [0.15, 0.2) is 11.0 Å². The SMILES string of the molecule is CC.CC.COCCCNC1c2ccccc2N(C)S(=O)c2cc(C)ccc21. The highest BCUT2D eigenvalue weighted by Gasteiger charge is 2.29. The Bertz CT molecular complexity index is 749. The highest BCUT2D eigenvalue weighted by Crippen LogP contribution is 2.38. The van der Waals surface area contributed by atoms with Crippen LogP contribution in [0, 0.1) is 6.92 Å². The first-order chi connectivity index (χ1) is 13.6. The van der Waals surface area contributed by atoms with Gasteiger partial charge in [-0.3, -0.25) is 4.31 Å². The number of aryl methyl sites for hydroxylation is 1. The molecule has 0 spiro atoms.